The second kappa shape index (κ2) is 4.82. The van der Waals surface area contributed by atoms with Crippen LogP contribution < -0.4 is 11.1 Å². The van der Waals surface area contributed by atoms with E-state index in [0.29, 0.717) is 0 Å². The van der Waals surface area contributed by atoms with E-state index in [2.05, 4.69) is 17.5 Å². The van der Waals surface area contributed by atoms with Crippen molar-refractivity contribution in [3.8, 4) is 0 Å². The molecule has 0 spiro atoms. The highest BCUT2D eigenvalue weighted by atomic mass is 15.1. The van der Waals surface area contributed by atoms with E-state index in [0.717, 1.165) is 11.3 Å². The molecule has 1 heterocycles. The van der Waals surface area contributed by atoms with Crippen LogP contribution in [0.4, 0.5) is 0 Å². The molecule has 2 nitrogen and oxygen atoms in total. The molecule has 0 aromatic heterocycles. The van der Waals surface area contributed by atoms with Gasteiger partial charge in [-0.05, 0) is 26.3 Å². The van der Waals surface area contributed by atoms with E-state index in [1.807, 2.05) is 39.0 Å². The normalized spacial score (nSPS) is 25.7. The van der Waals surface area contributed by atoms with Crippen molar-refractivity contribution in [3.05, 3.63) is 47.2 Å². The summed E-state index contributed by atoms with van der Waals surface area (Å²) in [7, 11) is 0. The van der Waals surface area contributed by atoms with E-state index < -0.39 is 0 Å². The lowest BCUT2D eigenvalue weighted by Gasteiger charge is -2.05. The fourth-order valence-corrected chi connectivity index (χ4v) is 1.61. The van der Waals surface area contributed by atoms with Crippen LogP contribution in [-0.4, -0.2) is 6.17 Å². The van der Waals surface area contributed by atoms with E-state index >= 15 is 0 Å². The number of nitrogens with one attached hydrogen (secondary N) is 1. The summed E-state index contributed by atoms with van der Waals surface area (Å²) in [6, 6.07) is 0. The Hall–Kier alpha value is -1.28. The van der Waals surface area contributed by atoms with Gasteiger partial charge >= 0.3 is 0 Å². The van der Waals surface area contributed by atoms with Crippen molar-refractivity contribution < 1.29 is 0 Å². The Kier molecular flexibility index (Phi) is 3.72. The molecule has 0 bridgehead atoms. The average Bonchev–Trinajstić information content (AvgIpc) is 2.47. The summed E-state index contributed by atoms with van der Waals surface area (Å²) in [5.41, 5.74) is 9.42. The molecule has 2 heteroatoms. The van der Waals surface area contributed by atoms with Gasteiger partial charge in [-0.3, -0.25) is 0 Å². The molecule has 1 unspecified atom stereocenters. The first kappa shape index (κ1) is 10.8. The fraction of sp³-hybridized carbons (Fsp3) is 0.333. The zero-order valence-corrected chi connectivity index (χ0v) is 9.04. The van der Waals surface area contributed by atoms with Gasteiger partial charge in [0.15, 0.2) is 0 Å². The SMILES string of the molecule is C/C=C\C1=C(/C=C\C)C(N)N/C1=C\C. The Morgan fingerprint density at radius 1 is 1.14 bits per heavy atom. The summed E-state index contributed by atoms with van der Waals surface area (Å²) in [6.45, 7) is 6.02. The van der Waals surface area contributed by atoms with Gasteiger partial charge in [0, 0.05) is 11.3 Å². The van der Waals surface area contributed by atoms with Crippen LogP contribution in [0.2, 0.25) is 0 Å². The quantitative estimate of drug-likeness (QED) is 0.700. The molecule has 0 aliphatic carbocycles. The third-order valence-corrected chi connectivity index (χ3v) is 2.22. The van der Waals surface area contributed by atoms with Crippen molar-refractivity contribution in [2.45, 2.75) is 26.9 Å². The van der Waals surface area contributed by atoms with Gasteiger partial charge < -0.3 is 11.1 Å². The first-order valence-corrected chi connectivity index (χ1v) is 4.93. The fourth-order valence-electron chi connectivity index (χ4n) is 1.61. The molecule has 0 saturated carbocycles. The Balaban J connectivity index is 3.17. The van der Waals surface area contributed by atoms with Crippen LogP contribution in [0.3, 0.4) is 0 Å². The summed E-state index contributed by atoms with van der Waals surface area (Å²) in [4.78, 5) is 0. The second-order valence-electron chi connectivity index (χ2n) is 3.19. The van der Waals surface area contributed by atoms with Gasteiger partial charge in [-0.1, -0.05) is 30.4 Å². The van der Waals surface area contributed by atoms with Gasteiger partial charge in [0.25, 0.3) is 0 Å². The lowest BCUT2D eigenvalue weighted by molar-refractivity contribution is 0.722. The summed E-state index contributed by atoms with van der Waals surface area (Å²) in [5.74, 6) is 0. The highest BCUT2D eigenvalue weighted by molar-refractivity contribution is 5.52. The highest BCUT2D eigenvalue weighted by Crippen LogP contribution is 2.24. The number of hydrogen-bond donors (Lipinski definition) is 2. The van der Waals surface area contributed by atoms with E-state index in [1.165, 1.54) is 5.57 Å². The van der Waals surface area contributed by atoms with E-state index in [-0.39, 0.29) is 6.17 Å². The Labute approximate surface area is 85.9 Å². The van der Waals surface area contributed by atoms with Crippen molar-refractivity contribution in [1.82, 2.24) is 5.32 Å². The van der Waals surface area contributed by atoms with Gasteiger partial charge in [-0.15, -0.1) is 0 Å². The minimum Gasteiger partial charge on any atom is -0.366 e. The van der Waals surface area contributed by atoms with Crippen LogP contribution in [0.15, 0.2) is 47.2 Å². The molecule has 0 fully saturated rings. The maximum atomic E-state index is 5.96. The van der Waals surface area contributed by atoms with Crippen molar-refractivity contribution >= 4 is 0 Å². The molecular weight excluding hydrogens is 172 g/mol. The van der Waals surface area contributed by atoms with Crippen LogP contribution >= 0.6 is 0 Å². The molecule has 3 N–H and O–H groups in total. The molecule has 14 heavy (non-hydrogen) atoms. The van der Waals surface area contributed by atoms with Crippen molar-refractivity contribution in [1.29, 1.82) is 0 Å². The number of hydrogen-bond acceptors (Lipinski definition) is 2. The summed E-state index contributed by atoms with van der Waals surface area (Å²) >= 11 is 0. The van der Waals surface area contributed by atoms with Crippen LogP contribution in [-0.2, 0) is 0 Å². The molecular formula is C12H18N2. The van der Waals surface area contributed by atoms with Crippen molar-refractivity contribution in [2.24, 2.45) is 5.73 Å². The predicted molar refractivity (Wildman–Crippen MR) is 61.5 cm³/mol. The minimum absolute atomic E-state index is 0.0800. The van der Waals surface area contributed by atoms with Crippen LogP contribution in [0.5, 0.6) is 0 Å². The first-order chi connectivity index (χ1) is 6.74. The highest BCUT2D eigenvalue weighted by Gasteiger charge is 2.21. The lowest BCUT2D eigenvalue weighted by Crippen LogP contribution is -2.32. The summed E-state index contributed by atoms with van der Waals surface area (Å²) in [5, 5.41) is 3.24. The lowest BCUT2D eigenvalue weighted by atomic mass is 10.1. The molecule has 1 atom stereocenters. The van der Waals surface area contributed by atoms with Gasteiger partial charge in [0.2, 0.25) is 0 Å². The largest absolute Gasteiger partial charge is 0.366 e. The maximum Gasteiger partial charge on any atom is 0.101 e. The first-order valence-electron chi connectivity index (χ1n) is 4.93. The molecule has 0 aromatic carbocycles. The summed E-state index contributed by atoms with van der Waals surface area (Å²) in [6.07, 6.45) is 10.2. The Morgan fingerprint density at radius 3 is 2.29 bits per heavy atom. The average molecular weight is 190 g/mol. The molecule has 1 rings (SSSR count). The molecule has 1 aliphatic rings. The van der Waals surface area contributed by atoms with E-state index in [9.17, 15) is 0 Å². The molecule has 0 amide bonds. The molecule has 0 radical (unpaired) electrons. The van der Waals surface area contributed by atoms with Gasteiger partial charge in [-0.2, -0.15) is 0 Å². The zero-order valence-electron chi connectivity index (χ0n) is 9.04. The third-order valence-electron chi connectivity index (χ3n) is 2.22. The number of allylic oxidation sites excluding steroid dienone is 4. The molecule has 0 aromatic rings. The number of nitrogens with two attached hydrogens (primary N) is 1. The second-order valence-corrected chi connectivity index (χ2v) is 3.19. The molecule has 1 aliphatic heterocycles. The predicted octanol–water partition coefficient (Wildman–Crippen LogP) is 2.23. The Morgan fingerprint density at radius 2 is 1.79 bits per heavy atom. The maximum absolute atomic E-state index is 5.96. The standard InChI is InChI=1S/C12H18N2/c1-4-7-9-10(8-5-2)12(13)14-11(9)6-3/h4-8,12,14H,13H2,1-3H3/b7-4-,8-5-,11-6-. The smallest absolute Gasteiger partial charge is 0.101 e. The number of rotatable bonds is 2. The zero-order chi connectivity index (χ0) is 10.6. The van der Waals surface area contributed by atoms with Crippen LogP contribution in [0.25, 0.3) is 0 Å². The van der Waals surface area contributed by atoms with Crippen molar-refractivity contribution in [2.75, 3.05) is 0 Å². The Bertz CT molecular complexity index is 319. The van der Waals surface area contributed by atoms with Gasteiger partial charge in [0.1, 0.15) is 6.17 Å². The summed E-state index contributed by atoms with van der Waals surface area (Å²) < 4.78 is 0. The van der Waals surface area contributed by atoms with Gasteiger partial charge in [0.05, 0.1) is 0 Å². The van der Waals surface area contributed by atoms with Crippen LogP contribution in [0.1, 0.15) is 20.8 Å². The van der Waals surface area contributed by atoms with Gasteiger partial charge in [-0.25, -0.2) is 0 Å². The van der Waals surface area contributed by atoms with E-state index in [4.69, 9.17) is 5.73 Å². The molecule has 76 valence electrons. The molecule has 0 saturated heterocycles. The van der Waals surface area contributed by atoms with Crippen LogP contribution in [0, 0.1) is 0 Å². The third kappa shape index (κ3) is 1.96. The van der Waals surface area contributed by atoms with Crippen molar-refractivity contribution in [3.63, 3.8) is 0 Å². The minimum atomic E-state index is -0.0800. The van der Waals surface area contributed by atoms with E-state index in [1.54, 1.807) is 0 Å². The topological polar surface area (TPSA) is 38.0 Å². The monoisotopic (exact) mass is 190 g/mol.